The molecule has 4 rings (SSSR count). The lowest BCUT2D eigenvalue weighted by Crippen LogP contribution is -2.03. The Morgan fingerprint density at radius 3 is 2.61 bits per heavy atom. The molecule has 0 amide bonds. The second-order valence-corrected chi connectivity index (χ2v) is 6.91. The molecule has 0 heterocycles. The summed E-state index contributed by atoms with van der Waals surface area (Å²) in [5.41, 5.74) is 3.40. The van der Waals surface area contributed by atoms with Crippen molar-refractivity contribution in [2.45, 2.75) is 26.2 Å². The van der Waals surface area contributed by atoms with Gasteiger partial charge in [0.1, 0.15) is 12.4 Å². The molecular formula is C22H21NO5. The van der Waals surface area contributed by atoms with Gasteiger partial charge in [-0.15, -0.1) is 0 Å². The minimum atomic E-state index is -0.476. The van der Waals surface area contributed by atoms with Crippen LogP contribution in [0.3, 0.4) is 0 Å². The van der Waals surface area contributed by atoms with E-state index in [4.69, 9.17) is 4.74 Å². The van der Waals surface area contributed by atoms with E-state index in [1.807, 2.05) is 25.1 Å². The van der Waals surface area contributed by atoms with Gasteiger partial charge in [-0.3, -0.25) is 19.7 Å². The van der Waals surface area contributed by atoms with Gasteiger partial charge in [0.15, 0.2) is 11.6 Å². The molecule has 1 unspecified atom stereocenters. The lowest BCUT2D eigenvalue weighted by Gasteiger charge is -2.04. The number of hydrogen-bond donors (Lipinski definition) is 0. The van der Waals surface area contributed by atoms with Crippen LogP contribution in [0.1, 0.15) is 45.2 Å². The van der Waals surface area contributed by atoms with E-state index in [-0.39, 0.29) is 23.2 Å². The fourth-order valence-electron chi connectivity index (χ4n) is 3.43. The van der Waals surface area contributed by atoms with Gasteiger partial charge < -0.3 is 4.74 Å². The Hall–Kier alpha value is -3.28. The van der Waals surface area contributed by atoms with Gasteiger partial charge in [0.05, 0.1) is 4.92 Å². The molecule has 2 aromatic rings. The van der Waals surface area contributed by atoms with Crippen LogP contribution in [-0.2, 0) is 12.8 Å². The summed E-state index contributed by atoms with van der Waals surface area (Å²) in [5, 5.41) is 10.5. The average Bonchev–Trinajstić information content (AvgIpc) is 3.20. The summed E-state index contributed by atoms with van der Waals surface area (Å²) in [6.45, 7) is 5.89. The summed E-state index contributed by atoms with van der Waals surface area (Å²) in [5.74, 6) is 0.957. The summed E-state index contributed by atoms with van der Waals surface area (Å²) in [4.78, 5) is 33.0. The van der Waals surface area contributed by atoms with Crippen LogP contribution in [0.25, 0.3) is 0 Å². The molecule has 0 saturated heterocycles. The number of carbonyl (C=O) groups is 2. The fourth-order valence-corrected chi connectivity index (χ4v) is 3.43. The highest BCUT2D eigenvalue weighted by atomic mass is 16.6. The van der Waals surface area contributed by atoms with Crippen molar-refractivity contribution in [1.82, 2.24) is 0 Å². The molecule has 2 aliphatic carbocycles. The monoisotopic (exact) mass is 379 g/mol. The van der Waals surface area contributed by atoms with Crippen molar-refractivity contribution in [2.75, 3.05) is 6.61 Å². The van der Waals surface area contributed by atoms with E-state index in [0.717, 1.165) is 28.9 Å². The molecule has 6 nitrogen and oxygen atoms in total. The van der Waals surface area contributed by atoms with E-state index in [1.165, 1.54) is 12.1 Å². The van der Waals surface area contributed by atoms with Gasteiger partial charge in [0, 0.05) is 35.6 Å². The van der Waals surface area contributed by atoms with Gasteiger partial charge in [-0.1, -0.05) is 31.7 Å². The zero-order chi connectivity index (χ0) is 20.3. The molecule has 28 heavy (non-hydrogen) atoms. The molecule has 2 aromatic carbocycles. The first-order chi connectivity index (χ1) is 13.4. The number of Topliss-reactive ketones (excluding diaryl/α,β-unsaturated/α-hetero) is 2. The summed E-state index contributed by atoms with van der Waals surface area (Å²) in [6.07, 6.45) is 3.90. The van der Waals surface area contributed by atoms with Gasteiger partial charge in [-0.05, 0) is 36.1 Å². The zero-order valence-electron chi connectivity index (χ0n) is 15.6. The minimum Gasteiger partial charge on any atom is -0.490 e. The van der Waals surface area contributed by atoms with Crippen LogP contribution in [0.2, 0.25) is 0 Å². The average molecular weight is 379 g/mol. The minimum absolute atomic E-state index is 0.00815. The Bertz CT molecular complexity index is 963. The Morgan fingerprint density at radius 1 is 1.14 bits per heavy atom. The van der Waals surface area contributed by atoms with Gasteiger partial charge >= 0.3 is 0 Å². The molecule has 0 saturated carbocycles. The number of hydrogen-bond acceptors (Lipinski definition) is 5. The molecular weight excluding hydrogens is 358 g/mol. The zero-order valence-corrected chi connectivity index (χ0v) is 15.6. The maximum absolute atomic E-state index is 11.5. The van der Waals surface area contributed by atoms with Gasteiger partial charge in [-0.2, -0.15) is 0 Å². The van der Waals surface area contributed by atoms with E-state index < -0.39 is 4.92 Å². The standard InChI is InChI=1S/C12H12O2.C10H9NO3/c1-2-7-14-10-5-3-9-4-6-12(13)11(9)8-10;1-6-4-7-2-3-8(11(13)14)5-9(7)10(6)12/h2-3,5,8H,1,4,6-7H2;2-3,5-6H,4H2,1H3. The molecule has 0 aromatic heterocycles. The predicted molar refractivity (Wildman–Crippen MR) is 105 cm³/mol. The molecule has 0 spiro atoms. The van der Waals surface area contributed by atoms with Crippen molar-refractivity contribution < 1.29 is 19.2 Å². The third kappa shape index (κ3) is 4.01. The third-order valence-electron chi connectivity index (χ3n) is 4.91. The van der Waals surface area contributed by atoms with E-state index in [2.05, 4.69) is 6.58 Å². The van der Waals surface area contributed by atoms with Crippen LogP contribution in [-0.4, -0.2) is 23.1 Å². The van der Waals surface area contributed by atoms with Crippen molar-refractivity contribution >= 4 is 17.3 Å². The number of fused-ring (bicyclic) bond motifs is 2. The number of ether oxygens (including phenoxy) is 1. The second-order valence-electron chi connectivity index (χ2n) is 6.91. The maximum atomic E-state index is 11.5. The SMILES string of the molecule is C=CCOc1ccc2c(c1)C(=O)CC2.CC1Cc2ccc([N+](=O)[O-])cc2C1=O. The van der Waals surface area contributed by atoms with E-state index in [0.29, 0.717) is 25.0 Å². The van der Waals surface area contributed by atoms with Crippen LogP contribution >= 0.6 is 0 Å². The summed E-state index contributed by atoms with van der Waals surface area (Å²) in [6, 6.07) is 10.2. The van der Waals surface area contributed by atoms with Crippen molar-refractivity contribution in [2.24, 2.45) is 5.92 Å². The van der Waals surface area contributed by atoms with Crippen molar-refractivity contribution in [1.29, 1.82) is 0 Å². The molecule has 0 radical (unpaired) electrons. The predicted octanol–water partition coefficient (Wildman–Crippen LogP) is 4.35. The van der Waals surface area contributed by atoms with E-state index in [1.54, 1.807) is 12.1 Å². The highest BCUT2D eigenvalue weighted by molar-refractivity contribution is 6.02. The van der Waals surface area contributed by atoms with Crippen LogP contribution in [0, 0.1) is 16.0 Å². The normalized spacial score (nSPS) is 16.7. The van der Waals surface area contributed by atoms with E-state index >= 15 is 0 Å². The highest BCUT2D eigenvalue weighted by Crippen LogP contribution is 2.29. The third-order valence-corrected chi connectivity index (χ3v) is 4.91. The van der Waals surface area contributed by atoms with Crippen LogP contribution in [0.5, 0.6) is 5.75 Å². The van der Waals surface area contributed by atoms with Crippen molar-refractivity contribution in [3.63, 3.8) is 0 Å². The Balaban J connectivity index is 0.000000161. The number of rotatable bonds is 4. The van der Waals surface area contributed by atoms with Crippen LogP contribution in [0.4, 0.5) is 5.69 Å². The molecule has 0 fully saturated rings. The number of ketones is 2. The molecule has 0 N–H and O–H groups in total. The molecule has 0 bridgehead atoms. The van der Waals surface area contributed by atoms with Crippen LogP contribution in [0.15, 0.2) is 49.1 Å². The molecule has 0 aliphatic heterocycles. The lowest BCUT2D eigenvalue weighted by molar-refractivity contribution is -0.384. The number of benzene rings is 2. The first-order valence-electron chi connectivity index (χ1n) is 9.12. The lowest BCUT2D eigenvalue weighted by atomic mass is 10.1. The number of nitro benzene ring substituents is 1. The molecule has 6 heteroatoms. The van der Waals surface area contributed by atoms with Crippen LogP contribution < -0.4 is 4.74 Å². The number of non-ortho nitro benzene ring substituents is 1. The quantitative estimate of drug-likeness (QED) is 0.448. The number of aryl methyl sites for hydroxylation is 1. The first kappa shape index (κ1) is 19.5. The second kappa shape index (κ2) is 8.17. The molecule has 2 aliphatic rings. The molecule has 1 atom stereocenters. The summed E-state index contributed by atoms with van der Waals surface area (Å²) >= 11 is 0. The number of carbonyl (C=O) groups excluding carboxylic acids is 2. The smallest absolute Gasteiger partial charge is 0.270 e. The number of nitrogens with zero attached hydrogens (tertiary/aromatic N) is 1. The molecule has 144 valence electrons. The topological polar surface area (TPSA) is 86.5 Å². The Kier molecular flexibility index (Phi) is 5.68. The Labute approximate surface area is 163 Å². The van der Waals surface area contributed by atoms with Gasteiger partial charge in [0.25, 0.3) is 5.69 Å². The largest absolute Gasteiger partial charge is 0.490 e. The highest BCUT2D eigenvalue weighted by Gasteiger charge is 2.28. The van der Waals surface area contributed by atoms with Gasteiger partial charge in [-0.25, -0.2) is 0 Å². The van der Waals surface area contributed by atoms with E-state index in [9.17, 15) is 19.7 Å². The summed E-state index contributed by atoms with van der Waals surface area (Å²) in [7, 11) is 0. The Morgan fingerprint density at radius 2 is 1.89 bits per heavy atom. The number of nitro groups is 1. The fraction of sp³-hybridized carbons (Fsp3) is 0.273. The van der Waals surface area contributed by atoms with Crippen molar-refractivity contribution in [3.05, 3.63) is 81.4 Å². The van der Waals surface area contributed by atoms with Crippen molar-refractivity contribution in [3.8, 4) is 5.75 Å². The van der Waals surface area contributed by atoms with Gasteiger partial charge in [0.2, 0.25) is 0 Å². The maximum Gasteiger partial charge on any atom is 0.270 e. The first-order valence-corrected chi connectivity index (χ1v) is 9.12. The summed E-state index contributed by atoms with van der Waals surface area (Å²) < 4.78 is 5.36.